The van der Waals surface area contributed by atoms with Crippen LogP contribution in [0, 0.1) is 27.6 Å². The van der Waals surface area contributed by atoms with E-state index in [1.54, 1.807) is 6.20 Å². The summed E-state index contributed by atoms with van der Waals surface area (Å²) < 4.78 is 25.3. The molecule has 26 heavy (non-hydrogen) atoms. The third-order valence-electron chi connectivity index (χ3n) is 5.71. The average molecular weight is 347 g/mol. The summed E-state index contributed by atoms with van der Waals surface area (Å²) in [5.41, 5.74) is 10.2. The van der Waals surface area contributed by atoms with Crippen LogP contribution in [0.1, 0.15) is 51.6 Å². The fraction of sp³-hybridized carbons (Fsp3) is 0.333. The molecule has 0 N–H and O–H groups in total. The number of nitrogens with zero attached hydrogens (tertiary/aromatic N) is 2. The number of pyridine rings is 2. The van der Waals surface area contributed by atoms with Gasteiger partial charge in [0.1, 0.15) is 7.05 Å². The van der Waals surface area contributed by atoms with Gasteiger partial charge in [0, 0.05) is 38.0 Å². The van der Waals surface area contributed by atoms with Gasteiger partial charge in [-0.05, 0) is 62.0 Å². The van der Waals surface area contributed by atoms with Gasteiger partial charge in [0.2, 0.25) is 5.69 Å². The lowest BCUT2D eigenvalue weighted by molar-refractivity contribution is -0.660. The molecule has 1 aromatic carbocycles. The highest BCUT2D eigenvalue weighted by Crippen LogP contribution is 2.49. The van der Waals surface area contributed by atoms with Gasteiger partial charge < -0.3 is 0 Å². The van der Waals surface area contributed by atoms with Crippen LogP contribution in [0.25, 0.3) is 22.4 Å². The molecule has 1 aliphatic carbocycles. The Morgan fingerprint density at radius 1 is 0.923 bits per heavy atom. The Morgan fingerprint density at radius 2 is 1.69 bits per heavy atom. The number of hydrogen-bond acceptors (Lipinski definition) is 1. The molecule has 3 aromatic rings. The number of hydrogen-bond donors (Lipinski definition) is 0. The van der Waals surface area contributed by atoms with E-state index in [1.807, 2.05) is 31.5 Å². The zero-order chi connectivity index (χ0) is 21.3. The van der Waals surface area contributed by atoms with Gasteiger partial charge in [-0.25, -0.2) is 4.57 Å². The number of benzene rings is 1. The summed E-state index contributed by atoms with van der Waals surface area (Å²) >= 11 is 0. The van der Waals surface area contributed by atoms with Gasteiger partial charge in [0.25, 0.3) is 0 Å². The van der Waals surface area contributed by atoms with Gasteiger partial charge >= 0.3 is 0 Å². The molecule has 2 heterocycles. The fourth-order valence-electron chi connectivity index (χ4n) is 4.12. The molecule has 0 unspecified atom stereocenters. The Bertz CT molecular complexity index is 1160. The lowest BCUT2D eigenvalue weighted by Crippen LogP contribution is -2.31. The first-order valence-electron chi connectivity index (χ1n) is 10.6. The van der Waals surface area contributed by atoms with Crippen molar-refractivity contribution in [1.82, 2.24) is 4.98 Å². The Kier molecular flexibility index (Phi) is 2.90. The maximum absolute atomic E-state index is 7.78. The van der Waals surface area contributed by atoms with Gasteiger partial charge in [-0.1, -0.05) is 26.0 Å². The van der Waals surface area contributed by atoms with Crippen LogP contribution in [0.3, 0.4) is 0 Å². The molecule has 2 heteroatoms. The maximum atomic E-state index is 7.78. The number of fused-ring (bicyclic) bond motifs is 3. The monoisotopic (exact) mass is 346 g/mol. The molecule has 0 fully saturated rings. The minimum atomic E-state index is -2.11. The van der Waals surface area contributed by atoms with Gasteiger partial charge in [0.15, 0.2) is 6.20 Å². The van der Waals surface area contributed by atoms with Crippen LogP contribution < -0.4 is 4.57 Å². The van der Waals surface area contributed by atoms with Crippen molar-refractivity contribution in [2.24, 2.45) is 7.05 Å². The first-order chi connectivity index (χ1) is 13.4. The van der Waals surface area contributed by atoms with Gasteiger partial charge in [-0.3, -0.25) is 4.98 Å². The number of aryl methyl sites for hydroxylation is 5. The summed E-state index contributed by atoms with van der Waals surface area (Å²) in [4.78, 5) is 4.86. The number of rotatable bonds is 1. The molecule has 2 nitrogen and oxygen atoms in total. The first-order valence-corrected chi connectivity index (χ1v) is 9.06. The van der Waals surface area contributed by atoms with E-state index in [4.69, 9.17) is 9.10 Å². The molecule has 1 aliphatic rings. The summed E-state index contributed by atoms with van der Waals surface area (Å²) in [5, 5.41) is 0. The van der Waals surface area contributed by atoms with E-state index in [2.05, 4.69) is 45.0 Å². The van der Waals surface area contributed by atoms with Crippen LogP contribution in [0.2, 0.25) is 0 Å². The van der Waals surface area contributed by atoms with Crippen LogP contribution in [-0.4, -0.2) is 4.98 Å². The zero-order valence-electron chi connectivity index (χ0n) is 19.4. The van der Waals surface area contributed by atoms with Gasteiger partial charge in [-0.2, -0.15) is 0 Å². The van der Waals surface area contributed by atoms with Crippen molar-refractivity contribution >= 4 is 0 Å². The van der Waals surface area contributed by atoms with Crippen molar-refractivity contribution < 1.29 is 8.68 Å². The minimum Gasteiger partial charge on any atom is -0.257 e. The molecule has 0 bridgehead atoms. The third kappa shape index (κ3) is 2.32. The molecule has 0 amide bonds. The Morgan fingerprint density at radius 3 is 2.42 bits per heavy atom. The van der Waals surface area contributed by atoms with Crippen molar-refractivity contribution in [1.29, 1.82) is 0 Å². The van der Waals surface area contributed by atoms with Crippen LogP contribution in [0.5, 0.6) is 0 Å². The van der Waals surface area contributed by atoms with E-state index in [0.717, 1.165) is 28.2 Å². The van der Waals surface area contributed by atoms with E-state index in [9.17, 15) is 0 Å². The Labute approximate surface area is 160 Å². The van der Waals surface area contributed by atoms with E-state index in [-0.39, 0.29) is 5.41 Å². The second-order valence-corrected chi connectivity index (χ2v) is 8.05. The minimum absolute atomic E-state index is 0.136. The van der Waals surface area contributed by atoms with Gasteiger partial charge in [0.05, 0.1) is 5.69 Å². The van der Waals surface area contributed by atoms with Crippen LogP contribution in [0.4, 0.5) is 0 Å². The summed E-state index contributed by atoms with van der Waals surface area (Å²) in [7, 11) is 1.92. The van der Waals surface area contributed by atoms with E-state index in [1.165, 1.54) is 22.3 Å². The molecule has 0 radical (unpaired) electrons. The van der Waals surface area contributed by atoms with Crippen molar-refractivity contribution in [2.45, 2.75) is 46.9 Å². The molecular formula is C24H27N2+. The largest absolute Gasteiger partial charge is 0.257 e. The Hall–Kier alpha value is -2.48. The first kappa shape index (κ1) is 13.7. The van der Waals surface area contributed by atoms with Crippen molar-refractivity contribution in [3.05, 3.63) is 70.2 Å². The normalized spacial score (nSPS) is 16.5. The summed E-state index contributed by atoms with van der Waals surface area (Å²) in [6.07, 6.45) is 1.74. The molecule has 0 saturated heterocycles. The van der Waals surface area contributed by atoms with E-state index < -0.39 is 6.85 Å². The second kappa shape index (κ2) is 5.51. The average Bonchev–Trinajstić information content (AvgIpc) is 2.82. The maximum Gasteiger partial charge on any atom is 0.212 e. The molecule has 0 aliphatic heterocycles. The second-order valence-electron chi connectivity index (χ2n) is 8.05. The van der Waals surface area contributed by atoms with Crippen molar-refractivity contribution in [3.8, 4) is 22.4 Å². The third-order valence-corrected chi connectivity index (χ3v) is 5.71. The lowest BCUT2D eigenvalue weighted by atomic mass is 9.83. The topological polar surface area (TPSA) is 16.8 Å². The molecule has 0 atom stereocenters. The summed E-state index contributed by atoms with van der Waals surface area (Å²) in [5.74, 6) is 0. The zero-order valence-corrected chi connectivity index (χ0v) is 16.4. The van der Waals surface area contributed by atoms with Crippen molar-refractivity contribution in [3.63, 3.8) is 0 Å². The molecule has 0 saturated carbocycles. The van der Waals surface area contributed by atoms with Crippen LogP contribution in [0.15, 0.2) is 36.5 Å². The van der Waals surface area contributed by atoms with E-state index >= 15 is 0 Å². The molecule has 2 aromatic heterocycles. The molecule has 132 valence electrons. The molecular weight excluding hydrogens is 316 g/mol. The molecule has 0 spiro atoms. The fourth-order valence-corrected chi connectivity index (χ4v) is 4.12. The smallest absolute Gasteiger partial charge is 0.212 e. The SMILES string of the molecule is [2H]C([2H])([2H])c1c[n+](C)c(-c2cc3c(cc2C)C(C)(C)c2nc(C)ccc2-3)cc1C. The van der Waals surface area contributed by atoms with Crippen LogP contribution in [-0.2, 0) is 12.5 Å². The standard InChI is InChI=1S/C24H27N2/c1-14-11-22(26(7)13-16(14)3)19-12-20-18-9-8-17(4)25-23(18)24(5,6)21(20)10-15(19)2/h8-13H,1-7H3/q+1/i3D3. The number of aromatic nitrogens is 2. The summed E-state index contributed by atoms with van der Waals surface area (Å²) in [6.45, 7) is 8.39. The highest BCUT2D eigenvalue weighted by atomic mass is 14.9. The highest BCUT2D eigenvalue weighted by molar-refractivity contribution is 5.83. The summed E-state index contributed by atoms with van der Waals surface area (Å²) in [6, 6.07) is 10.8. The highest BCUT2D eigenvalue weighted by Gasteiger charge is 2.38. The quantitative estimate of drug-likeness (QED) is 0.559. The lowest BCUT2D eigenvalue weighted by Gasteiger charge is -2.21. The predicted molar refractivity (Wildman–Crippen MR) is 107 cm³/mol. The van der Waals surface area contributed by atoms with Crippen molar-refractivity contribution in [2.75, 3.05) is 0 Å². The molecule has 4 rings (SSSR count). The van der Waals surface area contributed by atoms with Gasteiger partial charge in [-0.15, -0.1) is 0 Å². The van der Waals surface area contributed by atoms with Crippen LogP contribution >= 0.6 is 0 Å². The predicted octanol–water partition coefficient (Wildman–Crippen LogP) is 5.11. The Balaban J connectivity index is 1.95. The van der Waals surface area contributed by atoms with E-state index in [0.29, 0.717) is 5.56 Å².